The Morgan fingerprint density at radius 2 is 1.38 bits per heavy atom. The van der Waals surface area contributed by atoms with E-state index in [1.54, 1.807) is 0 Å². The van der Waals surface area contributed by atoms with Gasteiger partial charge in [-0.05, 0) is 44.2 Å². The second-order valence-electron chi connectivity index (χ2n) is 3.37. The molecule has 4 N–H and O–H groups in total. The Morgan fingerprint density at radius 1 is 1.00 bits per heavy atom. The van der Waals surface area contributed by atoms with Gasteiger partial charge in [0.25, 0.3) is 0 Å². The third-order valence-electron chi connectivity index (χ3n) is 2.56. The van der Waals surface area contributed by atoms with Crippen LogP contribution in [0.25, 0.3) is 0 Å². The van der Waals surface area contributed by atoms with Crippen LogP contribution < -0.4 is 11.5 Å². The van der Waals surface area contributed by atoms with Crippen molar-refractivity contribution in [2.45, 2.75) is 47.0 Å². The Labute approximate surface area is 84.1 Å². The zero-order valence-corrected chi connectivity index (χ0v) is 8.55. The minimum Gasteiger partial charge on any atom is -0.330 e. The van der Waals surface area contributed by atoms with Crippen molar-refractivity contribution in [2.24, 2.45) is 23.3 Å². The predicted octanol–water partition coefficient (Wildman–Crippen LogP) is 2.37. The zero-order valence-electron chi connectivity index (χ0n) is 8.55. The van der Waals surface area contributed by atoms with Gasteiger partial charge in [0, 0.05) is 0 Å². The maximum absolute atomic E-state index is 5.58. The summed E-state index contributed by atoms with van der Waals surface area (Å²) in [6.45, 7) is 5.72. The molecule has 0 spiro atoms. The Balaban J connectivity index is 0. The van der Waals surface area contributed by atoms with Crippen LogP contribution >= 0.6 is 0 Å². The Hall–Kier alpha value is -0.0800. The Kier molecular flexibility index (Phi) is 11.8. The molecule has 0 aromatic carbocycles. The van der Waals surface area contributed by atoms with Crippen molar-refractivity contribution in [2.75, 3.05) is 13.1 Å². The Morgan fingerprint density at radius 3 is 1.69 bits per heavy atom. The molecule has 0 heterocycles. The first-order valence-corrected chi connectivity index (χ1v) is 5.27. The van der Waals surface area contributed by atoms with Crippen molar-refractivity contribution in [3.05, 3.63) is 0 Å². The van der Waals surface area contributed by atoms with Gasteiger partial charge in [-0.2, -0.15) is 0 Å². The van der Waals surface area contributed by atoms with E-state index < -0.39 is 0 Å². The molecule has 0 aromatic rings. The first kappa shape index (κ1) is 15.4. The molecule has 2 atom stereocenters. The van der Waals surface area contributed by atoms with Gasteiger partial charge in [0.1, 0.15) is 0 Å². The SMILES string of the molecule is C.CC.NCC1CCCC(CN)C1. The molecule has 13 heavy (non-hydrogen) atoms. The molecule has 1 fully saturated rings. The fourth-order valence-electron chi connectivity index (χ4n) is 1.83. The smallest absolute Gasteiger partial charge is 0.00488 e. The van der Waals surface area contributed by atoms with Crippen molar-refractivity contribution in [3.8, 4) is 0 Å². The fourth-order valence-corrected chi connectivity index (χ4v) is 1.83. The number of rotatable bonds is 2. The molecular formula is C11H28N2. The lowest BCUT2D eigenvalue weighted by Crippen LogP contribution is -2.26. The maximum atomic E-state index is 5.58. The molecule has 0 aromatic heterocycles. The molecule has 82 valence electrons. The van der Waals surface area contributed by atoms with Crippen LogP contribution in [0.5, 0.6) is 0 Å². The van der Waals surface area contributed by atoms with E-state index in [0.29, 0.717) is 0 Å². The van der Waals surface area contributed by atoms with Crippen LogP contribution in [0.3, 0.4) is 0 Å². The summed E-state index contributed by atoms with van der Waals surface area (Å²) in [5.41, 5.74) is 11.2. The molecule has 0 amide bonds. The highest BCUT2D eigenvalue weighted by Gasteiger charge is 2.19. The standard InChI is InChI=1S/C8H18N2.C2H6.CH4/c9-5-7-2-1-3-8(4-7)6-10;1-2;/h7-8H,1-6,9-10H2;1-2H3;1H4. The van der Waals surface area contributed by atoms with Crippen molar-refractivity contribution >= 4 is 0 Å². The lowest BCUT2D eigenvalue weighted by molar-refractivity contribution is 0.277. The van der Waals surface area contributed by atoms with Gasteiger partial charge in [-0.1, -0.05) is 27.7 Å². The average Bonchev–Trinajstić information content (AvgIpc) is 2.21. The quantitative estimate of drug-likeness (QED) is 0.699. The number of hydrogen-bond donors (Lipinski definition) is 2. The topological polar surface area (TPSA) is 52.0 Å². The van der Waals surface area contributed by atoms with Gasteiger partial charge in [0.15, 0.2) is 0 Å². The second kappa shape index (κ2) is 10.0. The minimum atomic E-state index is 0. The van der Waals surface area contributed by atoms with Crippen molar-refractivity contribution < 1.29 is 0 Å². The summed E-state index contributed by atoms with van der Waals surface area (Å²) in [7, 11) is 0. The zero-order chi connectivity index (χ0) is 9.40. The van der Waals surface area contributed by atoms with E-state index in [-0.39, 0.29) is 7.43 Å². The summed E-state index contributed by atoms with van der Waals surface area (Å²) >= 11 is 0. The number of hydrogen-bond acceptors (Lipinski definition) is 2. The third-order valence-corrected chi connectivity index (χ3v) is 2.56. The van der Waals surface area contributed by atoms with Gasteiger partial charge in [-0.15, -0.1) is 0 Å². The molecule has 0 bridgehead atoms. The highest BCUT2D eigenvalue weighted by atomic mass is 14.6. The summed E-state index contributed by atoms with van der Waals surface area (Å²) in [5, 5.41) is 0. The van der Waals surface area contributed by atoms with Crippen LogP contribution in [0.4, 0.5) is 0 Å². The second-order valence-corrected chi connectivity index (χ2v) is 3.37. The minimum absolute atomic E-state index is 0. The molecule has 2 heteroatoms. The van der Waals surface area contributed by atoms with Crippen molar-refractivity contribution in [3.63, 3.8) is 0 Å². The molecule has 1 rings (SSSR count). The van der Waals surface area contributed by atoms with E-state index in [0.717, 1.165) is 24.9 Å². The highest BCUT2D eigenvalue weighted by Crippen LogP contribution is 2.27. The van der Waals surface area contributed by atoms with E-state index in [9.17, 15) is 0 Å². The molecule has 2 nitrogen and oxygen atoms in total. The summed E-state index contributed by atoms with van der Waals surface area (Å²) in [6, 6.07) is 0. The summed E-state index contributed by atoms with van der Waals surface area (Å²) in [5.74, 6) is 1.53. The monoisotopic (exact) mass is 188 g/mol. The van der Waals surface area contributed by atoms with E-state index in [1.165, 1.54) is 25.7 Å². The molecule has 1 saturated carbocycles. The summed E-state index contributed by atoms with van der Waals surface area (Å²) < 4.78 is 0. The van der Waals surface area contributed by atoms with Crippen LogP contribution in [0, 0.1) is 11.8 Å². The molecule has 2 unspecified atom stereocenters. The third kappa shape index (κ3) is 6.05. The normalized spacial score (nSPS) is 26.8. The fraction of sp³-hybridized carbons (Fsp3) is 1.00. The van der Waals surface area contributed by atoms with Gasteiger partial charge < -0.3 is 11.5 Å². The van der Waals surface area contributed by atoms with Crippen LogP contribution in [0.15, 0.2) is 0 Å². The van der Waals surface area contributed by atoms with Gasteiger partial charge in [-0.3, -0.25) is 0 Å². The highest BCUT2D eigenvalue weighted by molar-refractivity contribution is 4.73. The van der Waals surface area contributed by atoms with Gasteiger partial charge in [0.05, 0.1) is 0 Å². The largest absolute Gasteiger partial charge is 0.330 e. The van der Waals surface area contributed by atoms with Crippen molar-refractivity contribution in [1.29, 1.82) is 0 Å². The molecule has 0 radical (unpaired) electrons. The molecule has 1 aliphatic carbocycles. The van der Waals surface area contributed by atoms with Crippen LogP contribution in [0.2, 0.25) is 0 Å². The maximum Gasteiger partial charge on any atom is -0.00488 e. The number of nitrogens with two attached hydrogens (primary N) is 2. The molecule has 0 saturated heterocycles. The first-order chi connectivity index (χ1) is 5.86. The average molecular weight is 188 g/mol. The molecule has 0 aliphatic heterocycles. The van der Waals surface area contributed by atoms with Gasteiger partial charge in [0.2, 0.25) is 0 Å². The summed E-state index contributed by atoms with van der Waals surface area (Å²) in [4.78, 5) is 0. The molecule has 1 aliphatic rings. The van der Waals surface area contributed by atoms with Crippen LogP contribution in [-0.2, 0) is 0 Å². The molecular weight excluding hydrogens is 160 g/mol. The van der Waals surface area contributed by atoms with E-state index in [2.05, 4.69) is 0 Å². The predicted molar refractivity (Wildman–Crippen MR) is 61.6 cm³/mol. The van der Waals surface area contributed by atoms with Crippen molar-refractivity contribution in [1.82, 2.24) is 0 Å². The van der Waals surface area contributed by atoms with Crippen LogP contribution in [0.1, 0.15) is 47.0 Å². The van der Waals surface area contributed by atoms with E-state index in [1.807, 2.05) is 13.8 Å². The Bertz CT molecular complexity index is 84.1. The van der Waals surface area contributed by atoms with E-state index >= 15 is 0 Å². The summed E-state index contributed by atoms with van der Waals surface area (Å²) in [6.07, 6.45) is 5.26. The van der Waals surface area contributed by atoms with Crippen LogP contribution in [-0.4, -0.2) is 13.1 Å². The van der Waals surface area contributed by atoms with Gasteiger partial charge >= 0.3 is 0 Å². The van der Waals surface area contributed by atoms with Gasteiger partial charge in [-0.25, -0.2) is 0 Å². The van der Waals surface area contributed by atoms with E-state index in [4.69, 9.17) is 11.5 Å². The lowest BCUT2D eigenvalue weighted by atomic mass is 9.81. The first-order valence-electron chi connectivity index (χ1n) is 5.27. The lowest BCUT2D eigenvalue weighted by Gasteiger charge is -2.26.